The van der Waals surface area contributed by atoms with Crippen LogP contribution in [0.5, 0.6) is 0 Å². The van der Waals surface area contributed by atoms with E-state index in [9.17, 15) is 4.79 Å². The zero-order valence-corrected chi connectivity index (χ0v) is 17.0. The van der Waals surface area contributed by atoms with Gasteiger partial charge >= 0.3 is 0 Å². The third-order valence-electron chi connectivity index (χ3n) is 5.84. The fraction of sp³-hybridized carbons (Fsp3) is 0.455. The number of carbonyl (C=O) groups is 1. The van der Waals surface area contributed by atoms with Crippen LogP contribution in [0.2, 0.25) is 0 Å². The van der Waals surface area contributed by atoms with Gasteiger partial charge in [0.1, 0.15) is 5.82 Å². The van der Waals surface area contributed by atoms with E-state index >= 15 is 0 Å². The minimum atomic E-state index is 0.0864. The summed E-state index contributed by atoms with van der Waals surface area (Å²) in [6.07, 6.45) is 5.93. The molecular formula is C22H26N6O. The third-order valence-corrected chi connectivity index (χ3v) is 5.84. The Morgan fingerprint density at radius 3 is 2.59 bits per heavy atom. The Morgan fingerprint density at radius 1 is 1.14 bits per heavy atom. The highest BCUT2D eigenvalue weighted by molar-refractivity contribution is 6.05. The van der Waals surface area contributed by atoms with Crippen LogP contribution in [0, 0.1) is 0 Å². The van der Waals surface area contributed by atoms with Crippen LogP contribution in [0.25, 0.3) is 11.0 Å². The van der Waals surface area contributed by atoms with Crippen molar-refractivity contribution in [2.45, 2.75) is 38.6 Å². The van der Waals surface area contributed by atoms with Gasteiger partial charge in [0, 0.05) is 50.0 Å². The Balaban J connectivity index is 1.42. The summed E-state index contributed by atoms with van der Waals surface area (Å²) in [5.74, 6) is 1.55. The van der Waals surface area contributed by atoms with E-state index in [0.29, 0.717) is 19.0 Å². The number of nitrogens with zero attached hydrogens (tertiary/aromatic N) is 6. The Kier molecular flexibility index (Phi) is 4.45. The Morgan fingerprint density at radius 2 is 1.93 bits per heavy atom. The number of pyridine rings is 2. The van der Waals surface area contributed by atoms with E-state index in [4.69, 9.17) is 4.98 Å². The molecule has 29 heavy (non-hydrogen) atoms. The number of anilines is 1. The summed E-state index contributed by atoms with van der Waals surface area (Å²) in [7, 11) is 0. The number of hydrogen-bond donors (Lipinski definition) is 0. The summed E-state index contributed by atoms with van der Waals surface area (Å²) in [5, 5.41) is 5.38. The largest absolute Gasteiger partial charge is 0.353 e. The van der Waals surface area contributed by atoms with E-state index in [1.807, 2.05) is 40.0 Å². The molecule has 0 unspecified atom stereocenters. The molecule has 7 heteroatoms. The van der Waals surface area contributed by atoms with Crippen molar-refractivity contribution in [3.8, 4) is 0 Å². The van der Waals surface area contributed by atoms with Gasteiger partial charge in [-0.15, -0.1) is 0 Å². The normalized spacial score (nSPS) is 17.3. The number of rotatable bonds is 4. The minimum Gasteiger partial charge on any atom is -0.353 e. The van der Waals surface area contributed by atoms with Crippen molar-refractivity contribution in [1.82, 2.24) is 24.6 Å². The van der Waals surface area contributed by atoms with Gasteiger partial charge in [-0.3, -0.25) is 4.79 Å². The number of amides is 1. The highest BCUT2D eigenvalue weighted by atomic mass is 16.2. The van der Waals surface area contributed by atoms with Crippen LogP contribution in [0.1, 0.15) is 54.7 Å². The van der Waals surface area contributed by atoms with E-state index in [-0.39, 0.29) is 11.9 Å². The molecule has 0 aromatic carbocycles. The quantitative estimate of drug-likeness (QED) is 0.684. The molecule has 1 aliphatic carbocycles. The maximum absolute atomic E-state index is 13.5. The summed E-state index contributed by atoms with van der Waals surface area (Å²) >= 11 is 0. The predicted molar refractivity (Wildman–Crippen MR) is 112 cm³/mol. The molecule has 1 aliphatic heterocycles. The molecular weight excluding hydrogens is 364 g/mol. The monoisotopic (exact) mass is 390 g/mol. The number of carbonyl (C=O) groups excluding carboxylic acids is 1. The van der Waals surface area contributed by atoms with Crippen molar-refractivity contribution in [3.63, 3.8) is 0 Å². The van der Waals surface area contributed by atoms with E-state index in [0.717, 1.165) is 54.0 Å². The molecule has 2 aliphatic rings. The molecule has 1 saturated carbocycles. The molecule has 1 amide bonds. The first kappa shape index (κ1) is 18.1. The molecule has 0 N–H and O–H groups in total. The minimum absolute atomic E-state index is 0.0864. The first-order valence-electron chi connectivity index (χ1n) is 10.4. The lowest BCUT2D eigenvalue weighted by Crippen LogP contribution is -2.49. The lowest BCUT2D eigenvalue weighted by atomic mass is 10.1. The number of piperazine rings is 1. The molecule has 3 aromatic rings. The highest BCUT2D eigenvalue weighted by Crippen LogP contribution is 2.40. The Bertz CT molecular complexity index is 1030. The Hall–Kier alpha value is -2.96. The van der Waals surface area contributed by atoms with Gasteiger partial charge < -0.3 is 9.80 Å². The van der Waals surface area contributed by atoms with Gasteiger partial charge in [0.15, 0.2) is 5.65 Å². The Labute approximate surface area is 170 Å². The summed E-state index contributed by atoms with van der Waals surface area (Å²) < 4.78 is 1.93. The second-order valence-corrected chi connectivity index (χ2v) is 8.26. The van der Waals surface area contributed by atoms with Crippen LogP contribution in [0.4, 0.5) is 5.82 Å². The van der Waals surface area contributed by atoms with E-state index in [2.05, 4.69) is 28.8 Å². The molecule has 1 saturated heterocycles. The van der Waals surface area contributed by atoms with E-state index < -0.39 is 0 Å². The van der Waals surface area contributed by atoms with Gasteiger partial charge in [-0.1, -0.05) is 6.07 Å². The van der Waals surface area contributed by atoms with Crippen LogP contribution in [0.3, 0.4) is 0 Å². The first-order valence-corrected chi connectivity index (χ1v) is 10.4. The van der Waals surface area contributed by atoms with E-state index in [1.165, 1.54) is 0 Å². The molecule has 0 radical (unpaired) electrons. The van der Waals surface area contributed by atoms with Gasteiger partial charge in [0.25, 0.3) is 5.91 Å². The highest BCUT2D eigenvalue weighted by Gasteiger charge is 2.30. The molecule has 3 aromatic heterocycles. The van der Waals surface area contributed by atoms with Gasteiger partial charge in [-0.25, -0.2) is 14.6 Å². The van der Waals surface area contributed by atoms with Crippen LogP contribution < -0.4 is 4.90 Å². The number of fused-ring (bicyclic) bond motifs is 1. The smallest absolute Gasteiger partial charge is 0.254 e. The second kappa shape index (κ2) is 7.13. The molecule has 4 heterocycles. The van der Waals surface area contributed by atoms with Crippen molar-refractivity contribution >= 4 is 22.8 Å². The fourth-order valence-electron chi connectivity index (χ4n) is 4.03. The third kappa shape index (κ3) is 3.34. The van der Waals surface area contributed by atoms with Gasteiger partial charge in [-0.05, 0) is 44.9 Å². The van der Waals surface area contributed by atoms with Crippen molar-refractivity contribution in [2.75, 3.05) is 31.1 Å². The zero-order valence-electron chi connectivity index (χ0n) is 17.0. The second-order valence-electron chi connectivity index (χ2n) is 8.26. The lowest BCUT2D eigenvalue weighted by Gasteiger charge is -2.35. The van der Waals surface area contributed by atoms with Gasteiger partial charge in [-0.2, -0.15) is 5.10 Å². The average Bonchev–Trinajstić information content (AvgIpc) is 3.52. The predicted octanol–water partition coefficient (Wildman–Crippen LogP) is 3.25. The maximum atomic E-state index is 13.5. The molecule has 150 valence electrons. The number of aromatic nitrogens is 4. The van der Waals surface area contributed by atoms with Crippen molar-refractivity contribution in [2.24, 2.45) is 0 Å². The van der Waals surface area contributed by atoms with E-state index in [1.54, 1.807) is 6.20 Å². The van der Waals surface area contributed by atoms with Crippen molar-refractivity contribution in [3.05, 3.63) is 47.9 Å². The van der Waals surface area contributed by atoms with Gasteiger partial charge in [0.05, 0.1) is 17.1 Å². The zero-order chi connectivity index (χ0) is 20.0. The van der Waals surface area contributed by atoms with Gasteiger partial charge in [0.2, 0.25) is 0 Å². The molecule has 7 nitrogen and oxygen atoms in total. The molecule has 0 spiro atoms. The van der Waals surface area contributed by atoms with Crippen molar-refractivity contribution < 1.29 is 4.79 Å². The summed E-state index contributed by atoms with van der Waals surface area (Å²) in [4.78, 5) is 27.0. The summed E-state index contributed by atoms with van der Waals surface area (Å²) in [5.41, 5.74) is 2.62. The molecule has 0 atom stereocenters. The van der Waals surface area contributed by atoms with Crippen LogP contribution in [0.15, 0.2) is 36.7 Å². The molecule has 5 rings (SSSR count). The van der Waals surface area contributed by atoms with Crippen LogP contribution in [-0.4, -0.2) is 56.7 Å². The van der Waals surface area contributed by atoms with Crippen LogP contribution in [-0.2, 0) is 0 Å². The lowest BCUT2D eigenvalue weighted by molar-refractivity contribution is 0.0748. The topological polar surface area (TPSA) is 67.2 Å². The summed E-state index contributed by atoms with van der Waals surface area (Å²) in [6.45, 7) is 7.15. The maximum Gasteiger partial charge on any atom is 0.254 e. The SMILES string of the molecule is CC(C)n1ncc2c(C(=O)N3CCN(c4ccccn4)CC3)cc(C3CC3)nc21. The fourth-order valence-corrected chi connectivity index (χ4v) is 4.03. The number of hydrogen-bond acceptors (Lipinski definition) is 5. The molecule has 2 fully saturated rings. The first-order chi connectivity index (χ1) is 14.1. The van der Waals surface area contributed by atoms with Crippen molar-refractivity contribution in [1.29, 1.82) is 0 Å². The average molecular weight is 390 g/mol. The standard InChI is InChI=1S/C22H26N6O/c1-15(2)28-21-18(14-24-28)17(13-19(25-21)16-6-7-16)22(29)27-11-9-26(10-12-27)20-5-3-4-8-23-20/h3-5,8,13-16H,6-7,9-12H2,1-2H3. The molecule has 0 bridgehead atoms. The summed E-state index contributed by atoms with van der Waals surface area (Å²) in [6, 6.07) is 8.16. The van der Waals surface area contributed by atoms with Crippen LogP contribution >= 0.6 is 0 Å².